The van der Waals surface area contributed by atoms with Crippen LogP contribution in [0.2, 0.25) is 10.2 Å². The molecule has 1 aliphatic heterocycles. The molecule has 4 rings (SSSR count). The van der Waals surface area contributed by atoms with Crippen LogP contribution >= 0.6 is 23.2 Å². The molecule has 172 valence electrons. The Labute approximate surface area is 199 Å². The number of pyridine rings is 1. The van der Waals surface area contributed by atoms with Crippen LogP contribution in [0.15, 0.2) is 42.5 Å². The second kappa shape index (κ2) is 9.53. The average Bonchev–Trinajstić information content (AvgIpc) is 2.78. The SMILES string of the molecule is C[C@@H](Oc1ccc2c(-c3ccc(F)cc3Cl)cc(Cl)nc2c1)C(=O)N1CCC[C@H](C(=O)O)C1. The van der Waals surface area contributed by atoms with Gasteiger partial charge in [-0.25, -0.2) is 9.37 Å². The molecule has 0 unspecified atom stereocenters. The maximum atomic E-state index is 13.5. The lowest BCUT2D eigenvalue weighted by Crippen LogP contribution is -2.47. The van der Waals surface area contributed by atoms with Gasteiger partial charge >= 0.3 is 5.97 Å². The highest BCUT2D eigenvalue weighted by Gasteiger charge is 2.31. The molecule has 1 fully saturated rings. The number of carbonyl (C=O) groups is 2. The Morgan fingerprint density at radius 2 is 1.97 bits per heavy atom. The molecule has 0 spiro atoms. The van der Waals surface area contributed by atoms with E-state index in [9.17, 15) is 19.1 Å². The van der Waals surface area contributed by atoms with Gasteiger partial charge in [0, 0.05) is 30.1 Å². The second-order valence-corrected chi connectivity index (χ2v) is 8.81. The zero-order valence-electron chi connectivity index (χ0n) is 17.7. The summed E-state index contributed by atoms with van der Waals surface area (Å²) in [5, 5.41) is 10.5. The van der Waals surface area contributed by atoms with Gasteiger partial charge in [0.2, 0.25) is 0 Å². The Morgan fingerprint density at radius 3 is 2.70 bits per heavy atom. The molecule has 2 aromatic carbocycles. The van der Waals surface area contributed by atoms with E-state index in [0.717, 1.165) is 5.39 Å². The monoisotopic (exact) mass is 490 g/mol. The van der Waals surface area contributed by atoms with Crippen molar-refractivity contribution in [3.8, 4) is 16.9 Å². The van der Waals surface area contributed by atoms with Gasteiger partial charge in [0.05, 0.1) is 16.5 Å². The average molecular weight is 491 g/mol. The number of benzene rings is 2. The molecule has 9 heteroatoms. The third-order valence-corrected chi connectivity index (χ3v) is 6.22. The van der Waals surface area contributed by atoms with Crippen LogP contribution in [0.25, 0.3) is 22.0 Å². The van der Waals surface area contributed by atoms with Gasteiger partial charge in [0.1, 0.15) is 16.7 Å². The van der Waals surface area contributed by atoms with E-state index >= 15 is 0 Å². The number of aromatic nitrogens is 1. The summed E-state index contributed by atoms with van der Waals surface area (Å²) in [5.74, 6) is -1.74. The van der Waals surface area contributed by atoms with Crippen molar-refractivity contribution in [2.75, 3.05) is 13.1 Å². The molecule has 0 saturated carbocycles. The van der Waals surface area contributed by atoms with Crippen LogP contribution in [0.5, 0.6) is 5.75 Å². The summed E-state index contributed by atoms with van der Waals surface area (Å²) in [5.41, 5.74) is 1.83. The number of nitrogens with zero attached hydrogens (tertiary/aromatic N) is 2. The summed E-state index contributed by atoms with van der Waals surface area (Å²) < 4.78 is 19.4. The summed E-state index contributed by atoms with van der Waals surface area (Å²) >= 11 is 12.5. The highest BCUT2D eigenvalue weighted by atomic mass is 35.5. The number of halogens is 3. The third-order valence-electron chi connectivity index (χ3n) is 5.71. The van der Waals surface area contributed by atoms with Crippen molar-refractivity contribution in [1.82, 2.24) is 9.88 Å². The van der Waals surface area contributed by atoms with Crippen molar-refractivity contribution in [2.24, 2.45) is 5.92 Å². The van der Waals surface area contributed by atoms with Crippen molar-refractivity contribution in [3.63, 3.8) is 0 Å². The molecular weight excluding hydrogens is 470 g/mol. The number of carbonyl (C=O) groups excluding carboxylic acids is 1. The van der Waals surface area contributed by atoms with E-state index in [1.165, 1.54) is 17.0 Å². The number of rotatable bonds is 5. The third kappa shape index (κ3) is 5.04. The van der Waals surface area contributed by atoms with E-state index in [1.54, 1.807) is 37.3 Å². The fourth-order valence-electron chi connectivity index (χ4n) is 4.07. The molecule has 2 heterocycles. The van der Waals surface area contributed by atoms with Crippen molar-refractivity contribution >= 4 is 46.0 Å². The van der Waals surface area contributed by atoms with Crippen LogP contribution < -0.4 is 4.74 Å². The van der Waals surface area contributed by atoms with Crippen LogP contribution in [0.3, 0.4) is 0 Å². The Balaban J connectivity index is 1.58. The molecule has 2 atom stereocenters. The lowest BCUT2D eigenvalue weighted by atomic mass is 9.98. The zero-order chi connectivity index (χ0) is 23.7. The van der Waals surface area contributed by atoms with Gasteiger partial charge in [0.15, 0.2) is 6.10 Å². The minimum atomic E-state index is -0.893. The van der Waals surface area contributed by atoms with Crippen molar-refractivity contribution in [2.45, 2.75) is 25.9 Å². The van der Waals surface area contributed by atoms with Gasteiger partial charge < -0.3 is 14.7 Å². The second-order valence-electron chi connectivity index (χ2n) is 8.02. The highest BCUT2D eigenvalue weighted by molar-refractivity contribution is 6.34. The van der Waals surface area contributed by atoms with Crippen molar-refractivity contribution in [1.29, 1.82) is 0 Å². The van der Waals surface area contributed by atoms with Gasteiger partial charge in [-0.05, 0) is 61.7 Å². The molecule has 0 bridgehead atoms. The zero-order valence-corrected chi connectivity index (χ0v) is 19.2. The van der Waals surface area contributed by atoms with E-state index in [2.05, 4.69) is 4.98 Å². The molecule has 0 aliphatic carbocycles. The standard InChI is InChI=1S/C24H21Cl2FN2O4/c1-13(23(30)29-8-2-3-14(12-29)24(31)32)33-16-5-7-18-19(11-22(26)28-21(18)10-16)17-6-4-15(27)9-20(17)25/h4-7,9-11,13-14H,2-3,8,12H2,1H3,(H,31,32)/t13-,14+/m1/s1. The maximum absolute atomic E-state index is 13.5. The molecule has 1 N–H and O–H groups in total. The molecule has 0 radical (unpaired) electrons. The van der Waals surface area contributed by atoms with Crippen molar-refractivity contribution < 1.29 is 23.8 Å². The molecule has 1 saturated heterocycles. The number of ether oxygens (including phenoxy) is 1. The Hall–Kier alpha value is -2.90. The topological polar surface area (TPSA) is 79.7 Å². The normalized spacial score (nSPS) is 17.1. The summed E-state index contributed by atoms with van der Waals surface area (Å²) in [4.78, 5) is 30.0. The highest BCUT2D eigenvalue weighted by Crippen LogP contribution is 2.36. The minimum Gasteiger partial charge on any atom is -0.481 e. The van der Waals surface area contributed by atoms with Crippen LogP contribution in [0, 0.1) is 11.7 Å². The van der Waals surface area contributed by atoms with Gasteiger partial charge in [-0.3, -0.25) is 9.59 Å². The molecule has 1 aromatic heterocycles. The number of fused-ring (bicyclic) bond motifs is 1. The number of likely N-dealkylation sites (tertiary alicyclic amines) is 1. The predicted octanol–water partition coefficient (Wildman–Crippen LogP) is 5.44. The quantitative estimate of drug-likeness (QED) is 0.481. The number of carboxylic acid groups (broad SMARTS) is 1. The predicted molar refractivity (Wildman–Crippen MR) is 124 cm³/mol. The Morgan fingerprint density at radius 1 is 1.18 bits per heavy atom. The first-order valence-electron chi connectivity index (χ1n) is 10.5. The first kappa shape index (κ1) is 23.3. The van der Waals surface area contributed by atoms with E-state index in [4.69, 9.17) is 27.9 Å². The van der Waals surface area contributed by atoms with Crippen LogP contribution in [-0.4, -0.2) is 46.1 Å². The van der Waals surface area contributed by atoms with Gasteiger partial charge in [-0.15, -0.1) is 0 Å². The van der Waals surface area contributed by atoms with Gasteiger partial charge in [0.25, 0.3) is 5.91 Å². The molecule has 6 nitrogen and oxygen atoms in total. The number of piperidine rings is 1. The van der Waals surface area contributed by atoms with E-state index in [1.807, 2.05) is 0 Å². The number of carboxylic acids is 1. The molecule has 1 amide bonds. The van der Waals surface area contributed by atoms with E-state index in [-0.39, 0.29) is 22.6 Å². The number of hydrogen-bond donors (Lipinski definition) is 1. The van der Waals surface area contributed by atoms with Gasteiger partial charge in [-0.2, -0.15) is 0 Å². The minimum absolute atomic E-state index is 0.179. The summed E-state index contributed by atoms with van der Waals surface area (Å²) in [7, 11) is 0. The smallest absolute Gasteiger partial charge is 0.308 e. The lowest BCUT2D eigenvalue weighted by molar-refractivity contribution is -0.147. The molecule has 33 heavy (non-hydrogen) atoms. The summed E-state index contributed by atoms with van der Waals surface area (Å²) in [6, 6.07) is 10.9. The molecular formula is C24H21Cl2FN2O4. The number of aliphatic carboxylic acids is 1. The van der Waals surface area contributed by atoms with Crippen LogP contribution in [0.1, 0.15) is 19.8 Å². The van der Waals surface area contributed by atoms with E-state index in [0.29, 0.717) is 41.8 Å². The first-order valence-corrected chi connectivity index (χ1v) is 11.2. The Bertz CT molecular complexity index is 1240. The lowest BCUT2D eigenvalue weighted by Gasteiger charge is -2.32. The maximum Gasteiger partial charge on any atom is 0.308 e. The number of hydrogen-bond acceptors (Lipinski definition) is 4. The fraction of sp³-hybridized carbons (Fsp3) is 0.292. The largest absolute Gasteiger partial charge is 0.481 e. The summed E-state index contributed by atoms with van der Waals surface area (Å²) in [6.07, 6.45) is 0.397. The Kier molecular flexibility index (Phi) is 6.72. The van der Waals surface area contributed by atoms with E-state index < -0.39 is 23.8 Å². The first-order chi connectivity index (χ1) is 15.7. The van der Waals surface area contributed by atoms with Crippen LogP contribution in [0.4, 0.5) is 4.39 Å². The van der Waals surface area contributed by atoms with Crippen molar-refractivity contribution in [3.05, 3.63) is 58.5 Å². The summed E-state index contributed by atoms with van der Waals surface area (Å²) in [6.45, 7) is 2.32. The molecule has 1 aliphatic rings. The number of amides is 1. The fourth-order valence-corrected chi connectivity index (χ4v) is 4.54. The van der Waals surface area contributed by atoms with Gasteiger partial charge in [-0.1, -0.05) is 23.2 Å². The van der Waals surface area contributed by atoms with Crippen LogP contribution in [-0.2, 0) is 9.59 Å². The molecule has 3 aromatic rings.